The van der Waals surface area contributed by atoms with Crippen molar-refractivity contribution in [2.24, 2.45) is 0 Å². The van der Waals surface area contributed by atoms with Crippen molar-refractivity contribution in [1.82, 2.24) is 0 Å². The van der Waals surface area contributed by atoms with Crippen LogP contribution in [0.2, 0.25) is 0 Å². The van der Waals surface area contributed by atoms with E-state index in [4.69, 9.17) is 0 Å². The summed E-state index contributed by atoms with van der Waals surface area (Å²) < 4.78 is 26.3. The number of nitrogens with zero attached hydrogens (tertiary/aromatic N) is 1. The van der Waals surface area contributed by atoms with Crippen molar-refractivity contribution >= 4 is 22.7 Å². The van der Waals surface area contributed by atoms with Crippen LogP contribution >= 0.6 is 11.3 Å². The topological polar surface area (TPSA) is 55.2 Å². The van der Waals surface area contributed by atoms with E-state index in [2.05, 4.69) is 5.32 Å². The summed E-state index contributed by atoms with van der Waals surface area (Å²) in [6.07, 6.45) is 0. The van der Waals surface area contributed by atoms with E-state index < -0.39 is 22.2 Å². The predicted molar refractivity (Wildman–Crippen MR) is 64.7 cm³/mol. The van der Waals surface area contributed by atoms with Gasteiger partial charge in [-0.25, -0.2) is 4.39 Å². The van der Waals surface area contributed by atoms with E-state index in [0.717, 1.165) is 11.6 Å². The molecule has 0 spiro atoms. The first-order valence-electron chi connectivity index (χ1n) is 4.96. The number of hydrogen-bond acceptors (Lipinski definition) is 4. The van der Waals surface area contributed by atoms with Gasteiger partial charge in [-0.2, -0.15) is 15.7 Å². The van der Waals surface area contributed by atoms with Gasteiger partial charge in [0.1, 0.15) is 11.5 Å². The Morgan fingerprint density at radius 2 is 2.17 bits per heavy atom. The van der Waals surface area contributed by atoms with Crippen LogP contribution in [-0.2, 0) is 6.54 Å². The summed E-state index contributed by atoms with van der Waals surface area (Å²) in [6, 6.07) is 3.22. The maximum Gasteiger partial charge on any atom is 0.327 e. The van der Waals surface area contributed by atoms with Crippen LogP contribution in [0.3, 0.4) is 0 Å². The van der Waals surface area contributed by atoms with Crippen molar-refractivity contribution in [2.75, 3.05) is 5.32 Å². The molecule has 0 saturated carbocycles. The van der Waals surface area contributed by atoms with Gasteiger partial charge in [0, 0.05) is 18.7 Å². The third-order valence-electron chi connectivity index (χ3n) is 2.27. The third-order valence-corrected chi connectivity index (χ3v) is 3.01. The van der Waals surface area contributed by atoms with Gasteiger partial charge in [0.2, 0.25) is 5.82 Å². The van der Waals surface area contributed by atoms with Crippen LogP contribution in [0.15, 0.2) is 29.0 Å². The van der Waals surface area contributed by atoms with Crippen LogP contribution < -0.4 is 5.32 Å². The van der Waals surface area contributed by atoms with Crippen LogP contribution in [0.1, 0.15) is 5.56 Å². The van der Waals surface area contributed by atoms with Gasteiger partial charge in [-0.3, -0.25) is 10.1 Å². The Morgan fingerprint density at radius 1 is 1.39 bits per heavy atom. The minimum Gasteiger partial charge on any atom is -0.375 e. The molecule has 0 radical (unpaired) electrons. The summed E-state index contributed by atoms with van der Waals surface area (Å²) in [6.45, 7) is 0.271. The molecule has 18 heavy (non-hydrogen) atoms. The van der Waals surface area contributed by atoms with Crippen LogP contribution in [-0.4, -0.2) is 4.92 Å². The van der Waals surface area contributed by atoms with Gasteiger partial charge in [0.15, 0.2) is 0 Å². The second-order valence-corrected chi connectivity index (χ2v) is 4.31. The average Bonchev–Trinajstić information content (AvgIpc) is 2.77. The minimum atomic E-state index is -1.19. The second kappa shape index (κ2) is 5.09. The number of nitro benzene ring substituents is 1. The first-order valence-corrected chi connectivity index (χ1v) is 5.90. The van der Waals surface area contributed by atoms with E-state index in [-0.39, 0.29) is 12.2 Å². The lowest BCUT2D eigenvalue weighted by Gasteiger charge is -2.06. The maximum absolute atomic E-state index is 13.3. The van der Waals surface area contributed by atoms with Crippen LogP contribution in [0.4, 0.5) is 20.2 Å². The van der Waals surface area contributed by atoms with E-state index in [1.807, 2.05) is 16.8 Å². The number of rotatable bonds is 4. The van der Waals surface area contributed by atoms with Gasteiger partial charge in [-0.15, -0.1) is 0 Å². The number of nitrogens with one attached hydrogen (secondary N) is 1. The monoisotopic (exact) mass is 270 g/mol. The number of halogens is 2. The lowest BCUT2D eigenvalue weighted by atomic mass is 10.2. The molecule has 0 amide bonds. The first kappa shape index (κ1) is 12.4. The molecule has 1 heterocycles. The van der Waals surface area contributed by atoms with Crippen LogP contribution in [0.5, 0.6) is 0 Å². The second-order valence-electron chi connectivity index (χ2n) is 3.53. The van der Waals surface area contributed by atoms with Gasteiger partial charge < -0.3 is 5.32 Å². The predicted octanol–water partition coefficient (Wildman–Crippen LogP) is 3.55. The largest absolute Gasteiger partial charge is 0.375 e. The Bertz CT molecular complexity index is 573. The zero-order chi connectivity index (χ0) is 13.1. The molecular formula is C11H8F2N2O2S. The molecule has 0 aliphatic carbocycles. The van der Waals surface area contributed by atoms with Crippen molar-refractivity contribution in [1.29, 1.82) is 0 Å². The van der Waals surface area contributed by atoms with Crippen molar-refractivity contribution in [2.45, 2.75) is 6.54 Å². The Hall–Kier alpha value is -2.02. The summed E-state index contributed by atoms with van der Waals surface area (Å²) in [4.78, 5) is 9.85. The molecule has 4 nitrogen and oxygen atoms in total. The van der Waals surface area contributed by atoms with Crippen molar-refractivity contribution in [3.05, 3.63) is 56.3 Å². The van der Waals surface area contributed by atoms with E-state index in [1.165, 1.54) is 11.3 Å². The highest BCUT2D eigenvalue weighted by Crippen LogP contribution is 2.29. The van der Waals surface area contributed by atoms with Gasteiger partial charge in [0.25, 0.3) is 0 Å². The van der Waals surface area contributed by atoms with Gasteiger partial charge in [-0.1, -0.05) is 0 Å². The fourth-order valence-corrected chi connectivity index (χ4v) is 2.15. The van der Waals surface area contributed by atoms with E-state index >= 15 is 0 Å². The molecule has 0 unspecified atom stereocenters. The minimum absolute atomic E-state index is 0.163. The normalized spacial score (nSPS) is 10.3. The number of benzene rings is 1. The fourth-order valence-electron chi connectivity index (χ4n) is 1.48. The quantitative estimate of drug-likeness (QED) is 0.682. The third kappa shape index (κ3) is 2.62. The van der Waals surface area contributed by atoms with Gasteiger partial charge in [0.05, 0.1) is 4.92 Å². The summed E-state index contributed by atoms with van der Waals surface area (Å²) in [7, 11) is 0. The lowest BCUT2D eigenvalue weighted by Crippen LogP contribution is -2.04. The van der Waals surface area contributed by atoms with Crippen molar-refractivity contribution in [3.63, 3.8) is 0 Å². The Balaban J connectivity index is 2.28. The molecule has 0 saturated heterocycles. The SMILES string of the molecule is O=[N+]([O-])c1c(F)cc(F)cc1NCc1ccsc1. The number of thiophene rings is 1. The number of anilines is 1. The zero-order valence-corrected chi connectivity index (χ0v) is 9.84. The average molecular weight is 270 g/mol. The van der Waals surface area contributed by atoms with Crippen molar-refractivity contribution in [3.8, 4) is 0 Å². The molecule has 0 aliphatic rings. The molecule has 2 aromatic rings. The molecule has 1 aromatic carbocycles. The highest BCUT2D eigenvalue weighted by molar-refractivity contribution is 7.07. The molecule has 1 N–H and O–H groups in total. The first-order chi connectivity index (χ1) is 8.58. The summed E-state index contributed by atoms with van der Waals surface area (Å²) in [5.74, 6) is -2.04. The van der Waals surface area contributed by atoms with Gasteiger partial charge in [-0.05, 0) is 22.4 Å². The fraction of sp³-hybridized carbons (Fsp3) is 0.0909. The smallest absolute Gasteiger partial charge is 0.327 e. The molecule has 0 bridgehead atoms. The Labute approximate surface area is 105 Å². The molecule has 7 heteroatoms. The molecular weight excluding hydrogens is 262 g/mol. The van der Waals surface area contributed by atoms with E-state index in [0.29, 0.717) is 6.07 Å². The van der Waals surface area contributed by atoms with Crippen LogP contribution in [0.25, 0.3) is 0 Å². The Morgan fingerprint density at radius 3 is 2.78 bits per heavy atom. The summed E-state index contributed by atoms with van der Waals surface area (Å²) in [5, 5.41) is 17.1. The molecule has 2 rings (SSSR count). The molecule has 1 aromatic heterocycles. The number of hydrogen-bond donors (Lipinski definition) is 1. The van der Waals surface area contributed by atoms with Gasteiger partial charge >= 0.3 is 5.69 Å². The zero-order valence-electron chi connectivity index (χ0n) is 9.02. The lowest BCUT2D eigenvalue weighted by molar-refractivity contribution is -0.386. The highest BCUT2D eigenvalue weighted by atomic mass is 32.1. The number of nitro groups is 1. The molecule has 0 fully saturated rings. The summed E-state index contributed by atoms with van der Waals surface area (Å²) in [5.41, 5.74) is -0.0192. The van der Waals surface area contributed by atoms with E-state index in [1.54, 1.807) is 0 Å². The Kier molecular flexibility index (Phi) is 3.52. The van der Waals surface area contributed by atoms with Crippen LogP contribution in [0, 0.1) is 21.7 Å². The molecule has 0 atom stereocenters. The summed E-state index contributed by atoms with van der Waals surface area (Å²) >= 11 is 1.47. The molecule has 0 aliphatic heterocycles. The van der Waals surface area contributed by atoms with E-state index in [9.17, 15) is 18.9 Å². The molecule has 94 valence electrons. The highest BCUT2D eigenvalue weighted by Gasteiger charge is 2.21. The standard InChI is InChI=1S/C11H8F2N2O2S/c12-8-3-9(13)11(15(16)17)10(4-8)14-5-7-1-2-18-6-7/h1-4,6,14H,5H2. The maximum atomic E-state index is 13.3. The van der Waals surface area contributed by atoms with Crippen molar-refractivity contribution < 1.29 is 13.7 Å².